The first-order valence-electron chi connectivity index (χ1n) is 5.39. The maximum absolute atomic E-state index is 11.5. The lowest BCUT2D eigenvalue weighted by Crippen LogP contribution is -2.18. The van der Waals surface area contributed by atoms with Crippen molar-refractivity contribution in [2.45, 2.75) is 20.4 Å². The van der Waals surface area contributed by atoms with Crippen LogP contribution in [-0.4, -0.2) is 34.8 Å². The van der Waals surface area contributed by atoms with Gasteiger partial charge in [-0.2, -0.15) is 0 Å². The van der Waals surface area contributed by atoms with Crippen molar-refractivity contribution in [2.75, 3.05) is 18.9 Å². The van der Waals surface area contributed by atoms with Gasteiger partial charge in [-0.15, -0.1) is 0 Å². The van der Waals surface area contributed by atoms with Crippen molar-refractivity contribution in [1.82, 2.24) is 9.55 Å². The second-order valence-electron chi connectivity index (χ2n) is 3.43. The third-order valence-corrected chi connectivity index (χ3v) is 2.23. The number of nitrogen functional groups attached to an aromatic ring is 1. The molecule has 0 unspecified atom stereocenters. The molecule has 1 rings (SSSR count). The number of rotatable bonds is 5. The molecule has 0 radical (unpaired) electrons. The number of hydrogen-bond acceptors (Lipinski definition) is 6. The van der Waals surface area contributed by atoms with E-state index in [4.69, 9.17) is 16.2 Å². The second kappa shape index (κ2) is 5.89. The monoisotopic (exact) mass is 256 g/mol. The van der Waals surface area contributed by atoms with Crippen LogP contribution in [-0.2, 0) is 16.0 Å². The van der Waals surface area contributed by atoms with Crippen LogP contribution in [0.3, 0.4) is 0 Å². The minimum atomic E-state index is -0.864. The van der Waals surface area contributed by atoms with Gasteiger partial charge in [0.15, 0.2) is 5.69 Å². The van der Waals surface area contributed by atoms with Crippen molar-refractivity contribution < 1.29 is 19.1 Å². The number of nitrogens with zero attached hydrogens (tertiary/aromatic N) is 2. The van der Waals surface area contributed by atoms with E-state index in [2.05, 4.69) is 9.72 Å². The molecule has 0 saturated heterocycles. The molecule has 8 nitrogen and oxygen atoms in total. The van der Waals surface area contributed by atoms with Crippen molar-refractivity contribution in [3.05, 3.63) is 11.5 Å². The van der Waals surface area contributed by atoms with Crippen molar-refractivity contribution in [2.24, 2.45) is 5.73 Å². The number of hydrogen-bond donors (Lipinski definition) is 2. The minimum absolute atomic E-state index is 0.0546. The SMILES string of the molecule is CCOC(=O)c1nc(C)n(CCOC(N)=O)c1N. The molecule has 100 valence electrons. The summed E-state index contributed by atoms with van der Waals surface area (Å²) in [6.07, 6.45) is -0.864. The Morgan fingerprint density at radius 3 is 2.61 bits per heavy atom. The van der Waals surface area contributed by atoms with Gasteiger partial charge in [-0.25, -0.2) is 14.6 Å². The number of aryl methyl sites for hydroxylation is 1. The average molecular weight is 256 g/mol. The minimum Gasteiger partial charge on any atom is -0.461 e. The van der Waals surface area contributed by atoms with Gasteiger partial charge in [0.05, 0.1) is 13.2 Å². The Hall–Kier alpha value is -2.25. The Kier molecular flexibility index (Phi) is 4.52. The van der Waals surface area contributed by atoms with Crippen LogP contribution in [0.1, 0.15) is 23.2 Å². The highest BCUT2D eigenvalue weighted by atomic mass is 16.5. The zero-order valence-electron chi connectivity index (χ0n) is 10.3. The maximum Gasteiger partial charge on any atom is 0.404 e. The topological polar surface area (TPSA) is 122 Å². The molecule has 0 aliphatic heterocycles. The number of carbonyl (C=O) groups excluding carboxylic acids is 2. The number of nitrogens with two attached hydrogens (primary N) is 2. The van der Waals surface area contributed by atoms with Crippen molar-refractivity contribution >= 4 is 17.9 Å². The van der Waals surface area contributed by atoms with Gasteiger partial charge in [-0.05, 0) is 13.8 Å². The highest BCUT2D eigenvalue weighted by Gasteiger charge is 2.19. The molecule has 0 saturated carbocycles. The molecular formula is C10H16N4O4. The van der Waals surface area contributed by atoms with Crippen LogP contribution in [0.25, 0.3) is 0 Å². The molecule has 0 spiro atoms. The molecule has 0 aliphatic carbocycles. The van der Waals surface area contributed by atoms with Crippen LogP contribution in [0.15, 0.2) is 0 Å². The van der Waals surface area contributed by atoms with E-state index in [0.29, 0.717) is 5.82 Å². The molecule has 1 aromatic heterocycles. The van der Waals surface area contributed by atoms with Gasteiger partial charge >= 0.3 is 12.1 Å². The van der Waals surface area contributed by atoms with Gasteiger partial charge in [0.2, 0.25) is 0 Å². The lowest BCUT2D eigenvalue weighted by Gasteiger charge is -2.07. The quantitative estimate of drug-likeness (QED) is 0.717. The van der Waals surface area contributed by atoms with Crippen LogP contribution < -0.4 is 11.5 Å². The van der Waals surface area contributed by atoms with Crippen molar-refractivity contribution in [3.8, 4) is 0 Å². The molecule has 0 fully saturated rings. The van der Waals surface area contributed by atoms with E-state index in [0.717, 1.165) is 0 Å². The van der Waals surface area contributed by atoms with Crippen molar-refractivity contribution in [1.29, 1.82) is 0 Å². The molecule has 4 N–H and O–H groups in total. The largest absolute Gasteiger partial charge is 0.461 e. The molecule has 1 heterocycles. The molecule has 1 amide bonds. The zero-order chi connectivity index (χ0) is 13.7. The summed E-state index contributed by atoms with van der Waals surface area (Å²) in [7, 11) is 0. The van der Waals surface area contributed by atoms with Gasteiger partial charge in [-0.3, -0.25) is 0 Å². The number of amides is 1. The molecule has 1 aromatic rings. The predicted molar refractivity (Wildman–Crippen MR) is 62.9 cm³/mol. The molecule has 18 heavy (non-hydrogen) atoms. The number of carbonyl (C=O) groups is 2. The molecule has 0 atom stereocenters. The Morgan fingerprint density at radius 1 is 1.39 bits per heavy atom. The van der Waals surface area contributed by atoms with Crippen LogP contribution in [0.5, 0.6) is 0 Å². The normalized spacial score (nSPS) is 10.1. The lowest BCUT2D eigenvalue weighted by molar-refractivity contribution is 0.0521. The first kappa shape index (κ1) is 13.8. The first-order chi connectivity index (χ1) is 8.47. The number of primary amides is 1. The summed E-state index contributed by atoms with van der Waals surface area (Å²) in [5.74, 6) is 0.135. The second-order valence-corrected chi connectivity index (χ2v) is 3.43. The first-order valence-corrected chi connectivity index (χ1v) is 5.39. The molecule has 0 aromatic carbocycles. The summed E-state index contributed by atoms with van der Waals surface area (Å²) in [4.78, 5) is 26.0. The Labute approximate surface area is 104 Å². The summed E-state index contributed by atoms with van der Waals surface area (Å²) in [5.41, 5.74) is 10.7. The van der Waals surface area contributed by atoms with Gasteiger partial charge in [0, 0.05) is 0 Å². The van der Waals surface area contributed by atoms with Crippen LogP contribution in [0.2, 0.25) is 0 Å². The van der Waals surface area contributed by atoms with E-state index in [1.54, 1.807) is 18.4 Å². The van der Waals surface area contributed by atoms with Gasteiger partial charge < -0.3 is 25.5 Å². The smallest absolute Gasteiger partial charge is 0.404 e. The standard InChI is InChI=1S/C10H16N4O4/c1-3-17-9(15)7-8(11)14(6(2)13-7)4-5-18-10(12)16/h3-5,11H2,1-2H3,(H2,12,16). The van der Waals surface area contributed by atoms with E-state index in [-0.39, 0.29) is 31.3 Å². The van der Waals surface area contributed by atoms with E-state index < -0.39 is 12.1 Å². The summed E-state index contributed by atoms with van der Waals surface area (Å²) in [6.45, 7) is 3.95. The lowest BCUT2D eigenvalue weighted by atomic mass is 10.4. The predicted octanol–water partition coefficient (Wildman–Crippen LogP) is 0.0457. The third kappa shape index (κ3) is 3.12. The number of imidazole rings is 1. The van der Waals surface area contributed by atoms with Crippen molar-refractivity contribution in [3.63, 3.8) is 0 Å². The molecular weight excluding hydrogens is 240 g/mol. The third-order valence-electron chi connectivity index (χ3n) is 2.23. The number of ether oxygens (including phenoxy) is 2. The number of esters is 1. The van der Waals surface area contributed by atoms with E-state index in [1.807, 2.05) is 0 Å². The molecule has 8 heteroatoms. The summed E-state index contributed by atoms with van der Waals surface area (Å²) >= 11 is 0. The van der Waals surface area contributed by atoms with Crippen LogP contribution >= 0.6 is 0 Å². The average Bonchev–Trinajstić information content (AvgIpc) is 2.56. The fraction of sp³-hybridized carbons (Fsp3) is 0.500. The highest BCUT2D eigenvalue weighted by molar-refractivity contribution is 5.92. The molecule has 0 aliphatic rings. The van der Waals surface area contributed by atoms with Gasteiger partial charge in [-0.1, -0.05) is 0 Å². The fourth-order valence-corrected chi connectivity index (χ4v) is 1.45. The zero-order valence-corrected chi connectivity index (χ0v) is 10.3. The number of anilines is 1. The maximum atomic E-state index is 11.5. The Bertz CT molecular complexity index is 455. The Morgan fingerprint density at radius 2 is 2.06 bits per heavy atom. The highest BCUT2D eigenvalue weighted by Crippen LogP contribution is 2.15. The van der Waals surface area contributed by atoms with E-state index in [9.17, 15) is 9.59 Å². The number of aromatic nitrogens is 2. The summed E-state index contributed by atoms with van der Waals surface area (Å²) in [5, 5.41) is 0. The molecule has 0 bridgehead atoms. The van der Waals surface area contributed by atoms with Crippen LogP contribution in [0, 0.1) is 6.92 Å². The summed E-state index contributed by atoms with van der Waals surface area (Å²) in [6, 6.07) is 0. The fourth-order valence-electron chi connectivity index (χ4n) is 1.45. The van der Waals surface area contributed by atoms with E-state index in [1.165, 1.54) is 0 Å². The van der Waals surface area contributed by atoms with E-state index >= 15 is 0 Å². The van der Waals surface area contributed by atoms with Gasteiger partial charge in [0.1, 0.15) is 18.2 Å². The van der Waals surface area contributed by atoms with Crippen LogP contribution in [0.4, 0.5) is 10.6 Å². The Balaban J connectivity index is 2.80. The summed E-state index contributed by atoms with van der Waals surface area (Å²) < 4.78 is 11.0. The van der Waals surface area contributed by atoms with Gasteiger partial charge in [0.25, 0.3) is 0 Å².